The lowest BCUT2D eigenvalue weighted by Gasteiger charge is -2.40. The minimum absolute atomic E-state index is 0.132. The molecule has 0 N–H and O–H groups in total. The van der Waals surface area contributed by atoms with Gasteiger partial charge in [-0.05, 0) is 68.8 Å². The first kappa shape index (κ1) is 21.2. The van der Waals surface area contributed by atoms with E-state index in [1.165, 1.54) is 22.3 Å². The van der Waals surface area contributed by atoms with E-state index >= 15 is 0 Å². The molecule has 4 aromatic carbocycles. The van der Waals surface area contributed by atoms with Crippen LogP contribution in [0.3, 0.4) is 0 Å². The standard InChI is InChI=1S/C30H21B4N/c1-28(2)21-11-7-6-10-19(21)20-15-24-26(16-22(20)28)35-25-13-12-18(17-8-4-3-5-9-17)14-23(25)29(31,32)27(35)30(24,33)34/h3-16,27H,1-2H3. The maximum atomic E-state index is 6.94. The molecule has 1 unspecified atom stereocenters. The van der Waals surface area contributed by atoms with Gasteiger partial charge in [0.05, 0.1) is 31.4 Å². The van der Waals surface area contributed by atoms with Crippen LogP contribution in [0.4, 0.5) is 11.4 Å². The highest BCUT2D eigenvalue weighted by Crippen LogP contribution is 2.60. The van der Waals surface area contributed by atoms with Crippen LogP contribution in [-0.4, -0.2) is 37.4 Å². The van der Waals surface area contributed by atoms with Gasteiger partial charge in [-0.2, -0.15) is 0 Å². The zero-order valence-corrected chi connectivity index (χ0v) is 19.9. The quantitative estimate of drug-likeness (QED) is 0.370. The van der Waals surface area contributed by atoms with Gasteiger partial charge in [0, 0.05) is 22.8 Å². The molecule has 8 radical (unpaired) electrons. The summed E-state index contributed by atoms with van der Waals surface area (Å²) >= 11 is 0. The van der Waals surface area contributed by atoms with E-state index in [0.717, 1.165) is 33.6 Å². The van der Waals surface area contributed by atoms with Gasteiger partial charge in [-0.3, -0.25) is 0 Å². The second-order valence-electron chi connectivity index (χ2n) is 10.8. The molecule has 2 heterocycles. The van der Waals surface area contributed by atoms with Crippen LogP contribution in [0.1, 0.15) is 36.1 Å². The third-order valence-corrected chi connectivity index (χ3v) is 8.42. The van der Waals surface area contributed by atoms with Crippen LogP contribution < -0.4 is 4.90 Å². The Hall–Kier alpha value is -3.06. The molecule has 4 aromatic rings. The minimum Gasteiger partial charge on any atom is -0.339 e. The lowest BCUT2D eigenvalue weighted by Crippen LogP contribution is -2.54. The summed E-state index contributed by atoms with van der Waals surface area (Å²) in [5.74, 6) is 0. The van der Waals surface area contributed by atoms with E-state index in [1.54, 1.807) is 0 Å². The fraction of sp³-hybridized carbons (Fsp3) is 0.200. The molecule has 0 spiro atoms. The number of hydrogen-bond donors (Lipinski definition) is 0. The lowest BCUT2D eigenvalue weighted by molar-refractivity contribution is 0.597. The van der Waals surface area contributed by atoms with E-state index in [2.05, 4.69) is 85.5 Å². The molecule has 7 rings (SSSR count). The number of rotatable bonds is 1. The van der Waals surface area contributed by atoms with Crippen LogP contribution >= 0.6 is 0 Å². The van der Waals surface area contributed by atoms with E-state index in [-0.39, 0.29) is 5.41 Å². The monoisotopic (exact) mass is 439 g/mol. The van der Waals surface area contributed by atoms with E-state index < -0.39 is 16.5 Å². The van der Waals surface area contributed by atoms with Crippen molar-refractivity contribution < 1.29 is 0 Å². The van der Waals surface area contributed by atoms with Crippen LogP contribution in [-0.2, 0) is 15.8 Å². The molecule has 0 bridgehead atoms. The van der Waals surface area contributed by atoms with E-state index in [1.807, 2.05) is 18.2 Å². The molecule has 0 amide bonds. The van der Waals surface area contributed by atoms with Crippen molar-refractivity contribution in [3.8, 4) is 22.3 Å². The summed E-state index contributed by atoms with van der Waals surface area (Å²) < 4.78 is 0. The minimum atomic E-state index is -1.22. The van der Waals surface area contributed by atoms with E-state index in [4.69, 9.17) is 31.4 Å². The van der Waals surface area contributed by atoms with Gasteiger partial charge in [-0.15, -0.1) is 0 Å². The normalized spacial score (nSPS) is 21.1. The predicted octanol–water partition coefficient (Wildman–Crippen LogP) is 5.17. The van der Waals surface area contributed by atoms with Crippen LogP contribution in [0, 0.1) is 0 Å². The Balaban J connectivity index is 1.46. The van der Waals surface area contributed by atoms with Gasteiger partial charge in [-0.25, -0.2) is 0 Å². The van der Waals surface area contributed by atoms with Gasteiger partial charge in [0.2, 0.25) is 0 Å². The highest BCUT2D eigenvalue weighted by Gasteiger charge is 2.56. The Bertz CT molecular complexity index is 1540. The Morgan fingerprint density at radius 1 is 0.571 bits per heavy atom. The molecule has 1 nitrogen and oxygen atoms in total. The third kappa shape index (κ3) is 2.54. The molecular weight excluding hydrogens is 418 g/mol. The average molecular weight is 439 g/mol. The second-order valence-corrected chi connectivity index (χ2v) is 10.8. The van der Waals surface area contributed by atoms with Crippen LogP contribution in [0.15, 0.2) is 84.9 Å². The maximum absolute atomic E-state index is 6.94. The lowest BCUT2D eigenvalue weighted by atomic mass is 9.37. The molecule has 0 fully saturated rings. The van der Waals surface area contributed by atoms with Crippen molar-refractivity contribution in [2.45, 2.75) is 35.7 Å². The molecule has 1 atom stereocenters. The van der Waals surface area contributed by atoms with Crippen LogP contribution in [0.5, 0.6) is 0 Å². The molecule has 1 aliphatic carbocycles. The Morgan fingerprint density at radius 2 is 1.23 bits per heavy atom. The molecular formula is C30H21B4N. The molecule has 35 heavy (non-hydrogen) atoms. The summed E-state index contributed by atoms with van der Waals surface area (Å²) in [4.78, 5) is 2.18. The van der Waals surface area contributed by atoms with Crippen molar-refractivity contribution >= 4 is 42.8 Å². The van der Waals surface area contributed by atoms with Gasteiger partial charge >= 0.3 is 0 Å². The Labute approximate surface area is 212 Å². The largest absolute Gasteiger partial charge is 0.339 e. The first-order valence-corrected chi connectivity index (χ1v) is 12.1. The predicted molar refractivity (Wildman–Crippen MR) is 148 cm³/mol. The van der Waals surface area contributed by atoms with Crippen molar-refractivity contribution in [1.29, 1.82) is 0 Å². The van der Waals surface area contributed by atoms with E-state index in [9.17, 15) is 0 Å². The molecule has 3 aliphatic rings. The fourth-order valence-corrected chi connectivity index (χ4v) is 6.71. The smallest absolute Gasteiger partial charge is 0.0711 e. The topological polar surface area (TPSA) is 3.24 Å². The van der Waals surface area contributed by atoms with Crippen molar-refractivity contribution in [2.75, 3.05) is 4.90 Å². The fourth-order valence-electron chi connectivity index (χ4n) is 6.71. The average Bonchev–Trinajstić information content (AvgIpc) is 3.34. The number of hydrogen-bond acceptors (Lipinski definition) is 1. The summed E-state index contributed by atoms with van der Waals surface area (Å²) in [5.41, 5.74) is 10.7. The number of nitrogens with zero attached hydrogens (tertiary/aromatic N) is 1. The molecule has 0 aromatic heterocycles. The Morgan fingerprint density at radius 3 is 1.97 bits per heavy atom. The highest BCUT2D eigenvalue weighted by molar-refractivity contribution is 6.48. The molecule has 0 saturated carbocycles. The molecule has 5 heteroatoms. The van der Waals surface area contributed by atoms with Gasteiger partial charge in [0.25, 0.3) is 0 Å². The summed E-state index contributed by atoms with van der Waals surface area (Å²) in [7, 11) is 27.7. The first-order valence-electron chi connectivity index (χ1n) is 12.1. The van der Waals surface area contributed by atoms with Crippen molar-refractivity contribution in [3.05, 3.63) is 107 Å². The van der Waals surface area contributed by atoms with E-state index in [0.29, 0.717) is 0 Å². The van der Waals surface area contributed by atoms with Crippen LogP contribution in [0.25, 0.3) is 22.3 Å². The summed E-state index contributed by atoms with van der Waals surface area (Å²) in [6, 6.07) is 29.0. The zero-order valence-electron chi connectivity index (χ0n) is 19.9. The summed E-state index contributed by atoms with van der Waals surface area (Å²) in [6.45, 7) is 4.55. The maximum Gasteiger partial charge on any atom is 0.0711 e. The number of benzene rings is 4. The summed E-state index contributed by atoms with van der Waals surface area (Å²) in [6.07, 6.45) is 0. The van der Waals surface area contributed by atoms with Crippen molar-refractivity contribution in [2.24, 2.45) is 0 Å². The van der Waals surface area contributed by atoms with Gasteiger partial charge in [-0.1, -0.05) is 84.9 Å². The van der Waals surface area contributed by atoms with Crippen molar-refractivity contribution in [3.63, 3.8) is 0 Å². The van der Waals surface area contributed by atoms with Gasteiger partial charge < -0.3 is 4.90 Å². The number of anilines is 2. The number of fused-ring (bicyclic) bond motifs is 8. The van der Waals surface area contributed by atoms with Gasteiger partial charge in [0.15, 0.2) is 0 Å². The highest BCUT2D eigenvalue weighted by atomic mass is 15.2. The first-order chi connectivity index (χ1) is 16.6. The molecule has 0 saturated heterocycles. The molecule has 158 valence electrons. The molecule has 2 aliphatic heterocycles. The third-order valence-electron chi connectivity index (χ3n) is 8.42. The van der Waals surface area contributed by atoms with Gasteiger partial charge in [0.1, 0.15) is 0 Å². The van der Waals surface area contributed by atoms with Crippen molar-refractivity contribution in [1.82, 2.24) is 0 Å². The SMILES string of the molecule is [B]C1([B])c2cc(-c3ccccc3)ccc2N2c3cc4c(cc3C([B])([B])C21)-c1ccccc1C4(C)C. The Kier molecular flexibility index (Phi) is 3.99. The summed E-state index contributed by atoms with van der Waals surface area (Å²) in [5, 5.41) is -2.44. The zero-order chi connectivity index (χ0) is 24.3. The van der Waals surface area contributed by atoms with Crippen LogP contribution in [0.2, 0.25) is 0 Å². The second kappa shape index (κ2) is 6.58.